The molecule has 0 radical (unpaired) electrons. The van der Waals surface area contributed by atoms with Gasteiger partial charge in [-0.05, 0) is 51.0 Å². The van der Waals surface area contributed by atoms with E-state index in [0.29, 0.717) is 17.1 Å². The normalized spacial score (nSPS) is 17.4. The highest BCUT2D eigenvalue weighted by molar-refractivity contribution is 7.92. The van der Waals surface area contributed by atoms with Crippen LogP contribution in [0, 0.1) is 0 Å². The summed E-state index contributed by atoms with van der Waals surface area (Å²) in [5.41, 5.74) is -0.474. The maximum Gasteiger partial charge on any atom is 0.181 e. The first-order chi connectivity index (χ1) is 10.3. The smallest absolute Gasteiger partial charge is 0.181 e. The first-order valence-electron chi connectivity index (χ1n) is 7.99. The zero-order valence-corrected chi connectivity index (χ0v) is 14.2. The molecule has 0 bridgehead atoms. The van der Waals surface area contributed by atoms with E-state index in [1.54, 1.807) is 24.3 Å². The van der Waals surface area contributed by atoms with Crippen LogP contribution in [0.2, 0.25) is 0 Å². The zero-order chi connectivity index (χ0) is 16.2. The maximum absolute atomic E-state index is 12.6. The van der Waals surface area contributed by atoms with Crippen LogP contribution in [-0.4, -0.2) is 31.0 Å². The van der Waals surface area contributed by atoms with E-state index >= 15 is 0 Å². The average molecular weight is 326 g/mol. The number of benzene rings is 1. The monoisotopic (exact) mass is 326 g/mol. The fourth-order valence-electron chi connectivity index (χ4n) is 2.90. The maximum atomic E-state index is 12.6. The molecule has 124 valence electrons. The van der Waals surface area contributed by atoms with Gasteiger partial charge in [-0.3, -0.25) is 0 Å². The molecule has 0 heterocycles. The molecule has 1 aromatic carbocycles. The third-order valence-corrected chi connectivity index (χ3v) is 6.53. The molecule has 0 spiro atoms. The van der Waals surface area contributed by atoms with E-state index < -0.39 is 15.4 Å². The van der Waals surface area contributed by atoms with E-state index in [4.69, 9.17) is 9.84 Å². The molecule has 1 N–H and O–H groups in total. The molecule has 22 heavy (non-hydrogen) atoms. The number of ether oxygens (including phenoxy) is 1. The van der Waals surface area contributed by atoms with Crippen LogP contribution in [0.3, 0.4) is 0 Å². The van der Waals surface area contributed by atoms with E-state index in [0.717, 1.165) is 32.1 Å². The third kappa shape index (κ3) is 4.23. The van der Waals surface area contributed by atoms with E-state index in [1.165, 1.54) is 0 Å². The summed E-state index contributed by atoms with van der Waals surface area (Å²) in [6.45, 7) is 3.85. The standard InChI is InChI=1S/C17H26O4S/c1-17(2,12-13-18)21-14-8-10-16(11-9-14)22(19,20)15-6-4-3-5-7-15/h8-11,15,18H,3-7,12-13H2,1-2H3. The van der Waals surface area contributed by atoms with Crippen molar-refractivity contribution in [2.45, 2.75) is 68.1 Å². The summed E-state index contributed by atoms with van der Waals surface area (Å²) in [7, 11) is -3.23. The van der Waals surface area contributed by atoms with Gasteiger partial charge >= 0.3 is 0 Å². The van der Waals surface area contributed by atoms with Gasteiger partial charge in [0.05, 0.1) is 10.1 Å². The van der Waals surface area contributed by atoms with Crippen molar-refractivity contribution in [1.82, 2.24) is 0 Å². The highest BCUT2D eigenvalue weighted by Crippen LogP contribution is 2.30. The Morgan fingerprint density at radius 3 is 2.27 bits per heavy atom. The predicted molar refractivity (Wildman–Crippen MR) is 86.9 cm³/mol. The molecular weight excluding hydrogens is 300 g/mol. The largest absolute Gasteiger partial charge is 0.488 e. The van der Waals surface area contributed by atoms with Crippen molar-refractivity contribution >= 4 is 9.84 Å². The van der Waals surface area contributed by atoms with Crippen LogP contribution in [0.4, 0.5) is 0 Å². The molecule has 0 amide bonds. The van der Waals surface area contributed by atoms with Crippen molar-refractivity contribution in [2.24, 2.45) is 0 Å². The summed E-state index contributed by atoms with van der Waals surface area (Å²) < 4.78 is 31.0. The van der Waals surface area contributed by atoms with Gasteiger partial charge in [0.1, 0.15) is 11.4 Å². The van der Waals surface area contributed by atoms with Crippen LogP contribution in [0.5, 0.6) is 5.75 Å². The van der Waals surface area contributed by atoms with Gasteiger partial charge in [0.15, 0.2) is 9.84 Å². The molecule has 0 aromatic heterocycles. The molecule has 2 rings (SSSR count). The van der Waals surface area contributed by atoms with Gasteiger partial charge in [-0.15, -0.1) is 0 Å². The molecule has 0 atom stereocenters. The number of aliphatic hydroxyl groups excluding tert-OH is 1. The van der Waals surface area contributed by atoms with Crippen molar-refractivity contribution in [3.63, 3.8) is 0 Å². The lowest BCUT2D eigenvalue weighted by molar-refractivity contribution is 0.0764. The van der Waals surface area contributed by atoms with Gasteiger partial charge in [-0.2, -0.15) is 0 Å². The van der Waals surface area contributed by atoms with Gasteiger partial charge < -0.3 is 9.84 Å². The summed E-state index contributed by atoms with van der Waals surface area (Å²) in [6.07, 6.45) is 5.20. The quantitative estimate of drug-likeness (QED) is 0.871. The van der Waals surface area contributed by atoms with Crippen molar-refractivity contribution in [2.75, 3.05) is 6.61 Å². The Morgan fingerprint density at radius 1 is 1.14 bits per heavy atom. The first kappa shape index (κ1) is 17.3. The van der Waals surface area contributed by atoms with Crippen LogP contribution in [0.1, 0.15) is 52.4 Å². The zero-order valence-electron chi connectivity index (χ0n) is 13.4. The summed E-state index contributed by atoms with van der Waals surface area (Å²) in [5.74, 6) is 0.626. The van der Waals surface area contributed by atoms with E-state index in [9.17, 15) is 8.42 Å². The van der Waals surface area contributed by atoms with Crippen molar-refractivity contribution < 1.29 is 18.3 Å². The Bertz CT molecular complexity index is 569. The minimum absolute atomic E-state index is 0.0567. The molecule has 0 saturated heterocycles. The van der Waals surface area contributed by atoms with Crippen LogP contribution in [0.25, 0.3) is 0 Å². The number of aliphatic hydroxyl groups is 1. The van der Waals surface area contributed by atoms with Crippen LogP contribution in [0.15, 0.2) is 29.2 Å². The Morgan fingerprint density at radius 2 is 1.73 bits per heavy atom. The Kier molecular flexibility index (Phi) is 5.50. The Balaban J connectivity index is 2.11. The minimum atomic E-state index is -3.23. The lowest BCUT2D eigenvalue weighted by Gasteiger charge is -2.26. The van der Waals surface area contributed by atoms with Crippen molar-refractivity contribution in [3.8, 4) is 5.75 Å². The molecular formula is C17H26O4S. The third-order valence-electron chi connectivity index (χ3n) is 4.25. The first-order valence-corrected chi connectivity index (χ1v) is 9.54. The van der Waals surface area contributed by atoms with Crippen molar-refractivity contribution in [3.05, 3.63) is 24.3 Å². The van der Waals surface area contributed by atoms with Crippen LogP contribution >= 0.6 is 0 Å². The summed E-state index contributed by atoms with van der Waals surface area (Å²) in [5, 5.41) is 8.78. The lowest BCUT2D eigenvalue weighted by atomic mass is 10.0. The Hall–Kier alpha value is -1.07. The number of rotatable bonds is 6. The fraction of sp³-hybridized carbons (Fsp3) is 0.647. The van der Waals surface area contributed by atoms with Gasteiger partial charge in [-0.1, -0.05) is 19.3 Å². The molecule has 1 aliphatic carbocycles. The lowest BCUT2D eigenvalue weighted by Crippen LogP contribution is -2.29. The molecule has 0 aliphatic heterocycles. The molecule has 1 aliphatic rings. The SMILES string of the molecule is CC(C)(CCO)Oc1ccc(S(=O)(=O)C2CCCCC2)cc1. The highest BCUT2D eigenvalue weighted by Gasteiger charge is 2.29. The summed E-state index contributed by atoms with van der Waals surface area (Å²) in [6, 6.07) is 6.67. The summed E-state index contributed by atoms with van der Waals surface area (Å²) >= 11 is 0. The minimum Gasteiger partial charge on any atom is -0.488 e. The van der Waals surface area contributed by atoms with Crippen LogP contribution < -0.4 is 4.74 Å². The van der Waals surface area contributed by atoms with Crippen molar-refractivity contribution in [1.29, 1.82) is 0 Å². The van der Waals surface area contributed by atoms with E-state index in [-0.39, 0.29) is 11.9 Å². The molecule has 5 heteroatoms. The van der Waals surface area contributed by atoms with E-state index in [2.05, 4.69) is 0 Å². The number of hydrogen-bond acceptors (Lipinski definition) is 4. The predicted octanol–water partition coefficient (Wildman–Crippen LogP) is 3.33. The second-order valence-electron chi connectivity index (χ2n) is 6.61. The number of sulfone groups is 1. The van der Waals surface area contributed by atoms with Gasteiger partial charge in [0.25, 0.3) is 0 Å². The Labute approximate surface area is 133 Å². The molecule has 4 nitrogen and oxygen atoms in total. The fourth-order valence-corrected chi connectivity index (χ4v) is 4.76. The second-order valence-corrected chi connectivity index (χ2v) is 8.84. The highest BCUT2D eigenvalue weighted by atomic mass is 32.2. The second kappa shape index (κ2) is 7.01. The average Bonchev–Trinajstić information content (AvgIpc) is 2.48. The van der Waals surface area contributed by atoms with Crippen LogP contribution in [-0.2, 0) is 9.84 Å². The van der Waals surface area contributed by atoms with Gasteiger partial charge in [0, 0.05) is 13.0 Å². The van der Waals surface area contributed by atoms with Gasteiger partial charge in [0.2, 0.25) is 0 Å². The summed E-state index contributed by atoms with van der Waals surface area (Å²) in [4.78, 5) is 0.381. The molecule has 1 fully saturated rings. The molecule has 0 unspecified atom stereocenters. The molecule has 1 saturated carbocycles. The topological polar surface area (TPSA) is 63.6 Å². The van der Waals surface area contributed by atoms with E-state index in [1.807, 2.05) is 13.8 Å². The number of hydrogen-bond donors (Lipinski definition) is 1. The van der Waals surface area contributed by atoms with Gasteiger partial charge in [-0.25, -0.2) is 8.42 Å². The molecule has 1 aromatic rings.